The van der Waals surface area contributed by atoms with Crippen LogP contribution < -0.4 is 21.3 Å². The fraction of sp³-hybridized carbons (Fsp3) is 0.714. The van der Waals surface area contributed by atoms with Gasteiger partial charge in [0, 0.05) is 12.1 Å². The minimum absolute atomic E-state index is 0.170. The Labute approximate surface area is 138 Å². The minimum Gasteiger partial charge on any atom is -0.335 e. The zero-order valence-electron chi connectivity index (χ0n) is 13.2. The molecule has 128 valence electrons. The first-order valence-corrected chi connectivity index (χ1v) is 8.84. The van der Waals surface area contributed by atoms with E-state index in [2.05, 4.69) is 21.3 Å². The molecule has 9 heteroatoms. The lowest BCUT2D eigenvalue weighted by Gasteiger charge is -2.29. The lowest BCUT2D eigenvalue weighted by molar-refractivity contribution is -0.126. The van der Waals surface area contributed by atoms with Crippen LogP contribution in [-0.4, -0.2) is 47.5 Å². The number of thioether (sulfide) groups is 1. The topological polar surface area (TPSA) is 116 Å². The van der Waals surface area contributed by atoms with E-state index in [9.17, 15) is 19.2 Å². The van der Waals surface area contributed by atoms with E-state index in [-0.39, 0.29) is 35.7 Å². The van der Waals surface area contributed by atoms with Gasteiger partial charge in [-0.05, 0) is 38.2 Å². The van der Waals surface area contributed by atoms with Gasteiger partial charge in [0.1, 0.15) is 0 Å². The maximum Gasteiger partial charge on any atom is 0.321 e. The van der Waals surface area contributed by atoms with E-state index >= 15 is 0 Å². The summed E-state index contributed by atoms with van der Waals surface area (Å²) >= 11 is 1.66. The number of amides is 6. The highest BCUT2D eigenvalue weighted by atomic mass is 32.2. The van der Waals surface area contributed by atoms with Crippen molar-refractivity contribution in [1.82, 2.24) is 21.3 Å². The van der Waals surface area contributed by atoms with E-state index < -0.39 is 12.1 Å². The van der Waals surface area contributed by atoms with E-state index in [1.807, 2.05) is 13.8 Å². The number of hydrogen-bond donors (Lipinski definition) is 4. The summed E-state index contributed by atoms with van der Waals surface area (Å²) in [5.41, 5.74) is 0. The Morgan fingerprint density at radius 3 is 1.52 bits per heavy atom. The van der Waals surface area contributed by atoms with Gasteiger partial charge in [-0.1, -0.05) is 0 Å². The van der Waals surface area contributed by atoms with Crippen molar-refractivity contribution in [3.63, 3.8) is 0 Å². The van der Waals surface area contributed by atoms with Crippen molar-refractivity contribution in [2.75, 3.05) is 11.5 Å². The van der Waals surface area contributed by atoms with Gasteiger partial charge >= 0.3 is 12.1 Å². The third-order valence-corrected chi connectivity index (χ3v) is 5.27. The van der Waals surface area contributed by atoms with Crippen molar-refractivity contribution in [1.29, 1.82) is 0 Å². The van der Waals surface area contributed by atoms with E-state index in [0.717, 1.165) is 11.5 Å². The van der Waals surface area contributed by atoms with Crippen molar-refractivity contribution >= 4 is 35.6 Å². The van der Waals surface area contributed by atoms with Crippen LogP contribution in [0, 0.1) is 11.8 Å². The molecule has 0 saturated carbocycles. The van der Waals surface area contributed by atoms with E-state index in [1.165, 1.54) is 0 Å². The van der Waals surface area contributed by atoms with Crippen LogP contribution in [0.1, 0.15) is 26.7 Å². The Morgan fingerprint density at radius 2 is 1.17 bits per heavy atom. The summed E-state index contributed by atoms with van der Waals surface area (Å²) in [6.45, 7) is 3.64. The zero-order valence-corrected chi connectivity index (χ0v) is 14.0. The van der Waals surface area contributed by atoms with E-state index in [4.69, 9.17) is 0 Å². The average molecular weight is 342 g/mol. The van der Waals surface area contributed by atoms with Gasteiger partial charge in [0.2, 0.25) is 11.8 Å². The average Bonchev–Trinajstić information content (AvgIpc) is 2.42. The molecule has 2 aliphatic heterocycles. The normalized spacial score (nSPS) is 31.0. The lowest BCUT2D eigenvalue weighted by atomic mass is 9.96. The third kappa shape index (κ3) is 4.60. The fourth-order valence-electron chi connectivity index (χ4n) is 2.84. The molecule has 0 aromatic heterocycles. The van der Waals surface area contributed by atoms with Crippen LogP contribution in [0.3, 0.4) is 0 Å². The van der Waals surface area contributed by atoms with Gasteiger partial charge in [-0.25, -0.2) is 9.59 Å². The standard InChI is InChI=1S/C14H22N4O4S/c1-7-9(11(19)17-13(21)15-7)3-5-23-6-4-10-8(2)16-14(22)18-12(10)20/h7-10H,3-6H2,1-2H3,(H2,15,17,19,21)(H2,16,18,20,22). The first kappa shape index (κ1) is 17.6. The number of nitrogens with one attached hydrogen (secondary N) is 4. The Kier molecular flexibility index (Phi) is 5.86. The summed E-state index contributed by atoms with van der Waals surface area (Å²) in [5.74, 6) is 0.628. The quantitative estimate of drug-likeness (QED) is 0.514. The molecule has 0 spiro atoms. The Balaban J connectivity index is 1.68. The first-order chi connectivity index (χ1) is 10.9. The Hall–Kier alpha value is -1.77. The van der Waals surface area contributed by atoms with Crippen LogP contribution in [0.2, 0.25) is 0 Å². The van der Waals surface area contributed by atoms with Gasteiger partial charge < -0.3 is 10.6 Å². The zero-order chi connectivity index (χ0) is 17.0. The van der Waals surface area contributed by atoms with Gasteiger partial charge in [-0.3, -0.25) is 20.2 Å². The number of rotatable bonds is 6. The Bertz CT molecular complexity index is 469. The molecule has 8 nitrogen and oxygen atoms in total. The molecular formula is C14H22N4O4S. The van der Waals surface area contributed by atoms with E-state index in [0.29, 0.717) is 12.8 Å². The second-order valence-corrected chi connectivity index (χ2v) is 7.13. The number of carbonyl (C=O) groups excluding carboxylic acids is 4. The number of urea groups is 2. The lowest BCUT2D eigenvalue weighted by Crippen LogP contribution is -2.57. The monoisotopic (exact) mass is 342 g/mol. The van der Waals surface area contributed by atoms with Crippen LogP contribution >= 0.6 is 11.8 Å². The van der Waals surface area contributed by atoms with Gasteiger partial charge in [0.05, 0.1) is 11.8 Å². The molecule has 0 radical (unpaired) electrons. The number of carbonyl (C=O) groups is 4. The van der Waals surface area contributed by atoms with Crippen molar-refractivity contribution < 1.29 is 19.2 Å². The molecule has 2 fully saturated rings. The molecule has 4 atom stereocenters. The molecule has 4 unspecified atom stereocenters. The van der Waals surface area contributed by atoms with Crippen molar-refractivity contribution in [2.45, 2.75) is 38.8 Å². The first-order valence-electron chi connectivity index (χ1n) is 7.69. The van der Waals surface area contributed by atoms with Gasteiger partial charge in [0.25, 0.3) is 0 Å². The van der Waals surface area contributed by atoms with Crippen molar-refractivity contribution in [3.05, 3.63) is 0 Å². The molecule has 2 heterocycles. The maximum atomic E-state index is 11.8. The molecule has 2 saturated heterocycles. The molecule has 0 aliphatic carbocycles. The molecule has 0 aromatic carbocycles. The largest absolute Gasteiger partial charge is 0.335 e. The molecular weight excluding hydrogens is 320 g/mol. The van der Waals surface area contributed by atoms with Crippen molar-refractivity contribution in [3.8, 4) is 0 Å². The predicted octanol–water partition coefficient (Wildman–Crippen LogP) is 0.188. The van der Waals surface area contributed by atoms with Crippen LogP contribution in [0.4, 0.5) is 9.59 Å². The summed E-state index contributed by atoms with van der Waals surface area (Å²) in [6, 6.07) is -1.22. The van der Waals surface area contributed by atoms with Crippen LogP contribution in [-0.2, 0) is 9.59 Å². The van der Waals surface area contributed by atoms with Gasteiger partial charge in [0.15, 0.2) is 0 Å². The molecule has 6 amide bonds. The highest BCUT2D eigenvalue weighted by Gasteiger charge is 2.33. The van der Waals surface area contributed by atoms with Crippen molar-refractivity contribution in [2.24, 2.45) is 11.8 Å². The summed E-state index contributed by atoms with van der Waals surface area (Å²) in [6.07, 6.45) is 1.34. The number of imide groups is 2. The highest BCUT2D eigenvalue weighted by molar-refractivity contribution is 7.99. The fourth-order valence-corrected chi connectivity index (χ4v) is 3.88. The number of hydrogen-bond acceptors (Lipinski definition) is 5. The van der Waals surface area contributed by atoms with Crippen LogP contribution in [0.5, 0.6) is 0 Å². The molecule has 4 N–H and O–H groups in total. The SMILES string of the molecule is CC1NC(=O)NC(=O)C1CCSCCC1C(=O)NC(=O)NC1C. The smallest absolute Gasteiger partial charge is 0.321 e. The summed E-state index contributed by atoms with van der Waals surface area (Å²) < 4.78 is 0. The second kappa shape index (κ2) is 7.67. The minimum atomic E-state index is -0.439. The highest BCUT2D eigenvalue weighted by Crippen LogP contribution is 2.20. The van der Waals surface area contributed by atoms with Crippen LogP contribution in [0.15, 0.2) is 0 Å². The molecule has 2 rings (SSSR count). The van der Waals surface area contributed by atoms with E-state index in [1.54, 1.807) is 11.8 Å². The Morgan fingerprint density at radius 1 is 0.783 bits per heavy atom. The summed E-state index contributed by atoms with van der Waals surface area (Å²) in [4.78, 5) is 45.8. The summed E-state index contributed by atoms with van der Waals surface area (Å²) in [7, 11) is 0. The van der Waals surface area contributed by atoms with Gasteiger partial charge in [-0.2, -0.15) is 11.8 Å². The molecule has 2 aliphatic rings. The van der Waals surface area contributed by atoms with Gasteiger partial charge in [-0.15, -0.1) is 0 Å². The molecule has 0 bridgehead atoms. The summed E-state index contributed by atoms with van der Waals surface area (Å²) in [5, 5.41) is 9.94. The second-order valence-electron chi connectivity index (χ2n) is 5.91. The molecule has 23 heavy (non-hydrogen) atoms. The third-order valence-electron chi connectivity index (χ3n) is 4.22. The predicted molar refractivity (Wildman–Crippen MR) is 85.8 cm³/mol. The molecule has 0 aromatic rings. The van der Waals surface area contributed by atoms with Crippen LogP contribution in [0.25, 0.3) is 0 Å². The maximum absolute atomic E-state index is 11.8.